The van der Waals surface area contributed by atoms with Gasteiger partial charge < -0.3 is 5.32 Å². The molecule has 0 radical (unpaired) electrons. The minimum Gasteiger partial charge on any atom is -0.343 e. The van der Waals surface area contributed by atoms with E-state index in [1.807, 2.05) is 49.4 Å². The Hall–Kier alpha value is -2.25. The molecule has 3 rings (SSSR count). The number of aryl methyl sites for hydroxylation is 1. The van der Waals surface area contributed by atoms with Gasteiger partial charge in [-0.3, -0.25) is 9.78 Å². The molecule has 0 bridgehead atoms. The van der Waals surface area contributed by atoms with Gasteiger partial charge in [0.1, 0.15) is 4.88 Å². The van der Waals surface area contributed by atoms with Crippen LogP contribution in [0.3, 0.4) is 0 Å². The van der Waals surface area contributed by atoms with E-state index in [9.17, 15) is 13.6 Å². The number of carbonyl (C=O) groups is 1. The maximum atomic E-state index is 12.7. The van der Waals surface area contributed by atoms with Crippen LogP contribution in [0, 0.1) is 6.92 Å². The molecule has 0 aliphatic carbocycles. The van der Waals surface area contributed by atoms with Gasteiger partial charge in [0.25, 0.3) is 11.7 Å². The highest BCUT2D eigenvalue weighted by molar-refractivity contribution is 7.99. The maximum Gasteiger partial charge on any atom is 0.288 e. The molecule has 2 aromatic heterocycles. The molecule has 1 N–H and O–H groups in total. The average molecular weight is 405 g/mol. The Kier molecular flexibility index (Phi) is 6.58. The zero-order chi connectivity index (χ0) is 19.2. The van der Waals surface area contributed by atoms with E-state index in [1.54, 1.807) is 17.6 Å². The van der Waals surface area contributed by atoms with Crippen molar-refractivity contribution in [3.8, 4) is 0 Å². The first-order valence-corrected chi connectivity index (χ1v) is 10.1. The molecule has 1 atom stereocenters. The molecule has 0 aliphatic heterocycles. The number of nitrogens with zero attached hydrogens (tertiary/aromatic N) is 1. The fourth-order valence-electron chi connectivity index (χ4n) is 2.65. The van der Waals surface area contributed by atoms with Crippen molar-refractivity contribution in [3.05, 3.63) is 81.8 Å². The van der Waals surface area contributed by atoms with Gasteiger partial charge in [0.05, 0.1) is 11.7 Å². The molecule has 0 saturated heterocycles. The number of halogens is 2. The third-order valence-corrected chi connectivity index (χ3v) is 5.78. The van der Waals surface area contributed by atoms with Crippen LogP contribution in [0.4, 0.5) is 8.78 Å². The van der Waals surface area contributed by atoms with Crippen molar-refractivity contribution in [2.75, 3.05) is 0 Å². The summed E-state index contributed by atoms with van der Waals surface area (Å²) in [6.45, 7) is 2.01. The molecule has 1 aromatic carbocycles. The number of thiophene rings is 1. The van der Waals surface area contributed by atoms with E-state index in [4.69, 9.17) is 0 Å². The molecule has 0 saturated carbocycles. The third kappa shape index (κ3) is 5.37. The number of carbonyl (C=O) groups excluding carboxylic acids is 1. The predicted molar refractivity (Wildman–Crippen MR) is 106 cm³/mol. The summed E-state index contributed by atoms with van der Waals surface area (Å²) >= 11 is 1.55. The van der Waals surface area contributed by atoms with E-state index in [0.717, 1.165) is 28.2 Å². The SMILES string of the molecule is Cc1ccc(CC(NC(=O)c2sccc2SC(F)F)c2ccccn2)cc1. The molecular weight excluding hydrogens is 386 g/mol. The van der Waals surface area contributed by atoms with Gasteiger partial charge in [-0.1, -0.05) is 47.7 Å². The fraction of sp³-hybridized carbons (Fsp3) is 0.200. The van der Waals surface area contributed by atoms with Gasteiger partial charge in [-0.2, -0.15) is 8.78 Å². The Bertz CT molecular complexity index is 883. The van der Waals surface area contributed by atoms with Gasteiger partial charge in [0.2, 0.25) is 0 Å². The first kappa shape index (κ1) is 19.5. The molecule has 7 heteroatoms. The first-order chi connectivity index (χ1) is 13.0. The van der Waals surface area contributed by atoms with Crippen molar-refractivity contribution >= 4 is 29.0 Å². The van der Waals surface area contributed by atoms with Gasteiger partial charge in [-0.25, -0.2) is 0 Å². The Labute approximate surface area is 164 Å². The lowest BCUT2D eigenvalue weighted by molar-refractivity contribution is 0.0937. The summed E-state index contributed by atoms with van der Waals surface area (Å²) in [4.78, 5) is 17.7. The Morgan fingerprint density at radius 3 is 2.63 bits per heavy atom. The van der Waals surface area contributed by atoms with Gasteiger partial charge in [-0.05, 0) is 42.5 Å². The summed E-state index contributed by atoms with van der Waals surface area (Å²) < 4.78 is 25.4. The van der Waals surface area contributed by atoms with Crippen LogP contribution in [0.1, 0.15) is 32.5 Å². The van der Waals surface area contributed by atoms with Crippen molar-refractivity contribution in [2.24, 2.45) is 0 Å². The highest BCUT2D eigenvalue weighted by Crippen LogP contribution is 2.32. The van der Waals surface area contributed by atoms with Crippen LogP contribution in [-0.4, -0.2) is 16.6 Å². The Balaban J connectivity index is 1.82. The van der Waals surface area contributed by atoms with Crippen LogP contribution in [0.15, 0.2) is 65.0 Å². The van der Waals surface area contributed by atoms with Crippen LogP contribution in [0.25, 0.3) is 0 Å². The van der Waals surface area contributed by atoms with Gasteiger partial charge in [0, 0.05) is 11.1 Å². The smallest absolute Gasteiger partial charge is 0.288 e. The van der Waals surface area contributed by atoms with Crippen LogP contribution in [-0.2, 0) is 6.42 Å². The monoisotopic (exact) mass is 404 g/mol. The number of pyridine rings is 1. The van der Waals surface area contributed by atoms with Crippen LogP contribution in [0.2, 0.25) is 0 Å². The first-order valence-electron chi connectivity index (χ1n) is 8.32. The summed E-state index contributed by atoms with van der Waals surface area (Å²) in [6.07, 6.45) is 2.23. The minimum absolute atomic E-state index is 0.294. The van der Waals surface area contributed by atoms with E-state index in [2.05, 4.69) is 10.3 Å². The molecule has 140 valence electrons. The molecule has 0 spiro atoms. The van der Waals surface area contributed by atoms with Crippen molar-refractivity contribution in [1.82, 2.24) is 10.3 Å². The summed E-state index contributed by atoms with van der Waals surface area (Å²) in [5.41, 5.74) is 2.94. The molecule has 27 heavy (non-hydrogen) atoms. The van der Waals surface area contributed by atoms with Crippen molar-refractivity contribution in [3.63, 3.8) is 0 Å². The van der Waals surface area contributed by atoms with E-state index < -0.39 is 5.76 Å². The number of thioether (sulfide) groups is 1. The second kappa shape index (κ2) is 9.10. The largest absolute Gasteiger partial charge is 0.343 e. The zero-order valence-corrected chi connectivity index (χ0v) is 16.2. The standard InChI is InChI=1S/C20H18F2N2OS2/c1-13-5-7-14(8-6-13)12-16(15-4-2-3-10-23-15)24-19(25)18-17(9-11-26-18)27-20(21)22/h2-11,16,20H,12H2,1H3,(H,24,25). The number of benzene rings is 1. The summed E-state index contributed by atoms with van der Waals surface area (Å²) in [7, 11) is 0. The number of rotatable bonds is 7. The van der Waals surface area contributed by atoms with E-state index >= 15 is 0 Å². The average Bonchev–Trinajstić information content (AvgIpc) is 3.11. The maximum absolute atomic E-state index is 12.7. The molecule has 1 unspecified atom stereocenters. The van der Waals surface area contributed by atoms with Crippen LogP contribution < -0.4 is 5.32 Å². The van der Waals surface area contributed by atoms with Gasteiger partial charge in [-0.15, -0.1) is 11.3 Å². The second-order valence-electron chi connectivity index (χ2n) is 5.96. The van der Waals surface area contributed by atoms with Crippen molar-refractivity contribution in [1.29, 1.82) is 0 Å². The molecule has 0 fully saturated rings. The fourth-order valence-corrected chi connectivity index (χ4v) is 4.25. The van der Waals surface area contributed by atoms with E-state index in [-0.39, 0.29) is 11.9 Å². The zero-order valence-electron chi connectivity index (χ0n) is 14.6. The summed E-state index contributed by atoms with van der Waals surface area (Å²) in [5.74, 6) is -2.93. The topological polar surface area (TPSA) is 42.0 Å². The van der Waals surface area contributed by atoms with E-state index in [0.29, 0.717) is 28.0 Å². The number of amides is 1. The summed E-state index contributed by atoms with van der Waals surface area (Å²) in [5, 5.41) is 4.61. The second-order valence-corrected chi connectivity index (χ2v) is 7.91. The number of alkyl halides is 2. The third-order valence-electron chi connectivity index (χ3n) is 3.96. The van der Waals surface area contributed by atoms with Crippen molar-refractivity contribution < 1.29 is 13.6 Å². The summed E-state index contributed by atoms with van der Waals surface area (Å²) in [6, 6.07) is 14.8. The number of nitrogens with one attached hydrogen (secondary N) is 1. The van der Waals surface area contributed by atoms with E-state index in [1.165, 1.54) is 0 Å². The number of aromatic nitrogens is 1. The van der Waals surface area contributed by atoms with Gasteiger partial charge >= 0.3 is 0 Å². The Morgan fingerprint density at radius 1 is 1.19 bits per heavy atom. The highest BCUT2D eigenvalue weighted by atomic mass is 32.2. The highest BCUT2D eigenvalue weighted by Gasteiger charge is 2.22. The molecule has 3 nitrogen and oxygen atoms in total. The predicted octanol–water partition coefficient (Wildman–Crippen LogP) is 5.48. The van der Waals surface area contributed by atoms with Crippen LogP contribution >= 0.6 is 23.1 Å². The lowest BCUT2D eigenvalue weighted by Crippen LogP contribution is -2.30. The molecular formula is C20H18F2N2OS2. The Morgan fingerprint density at radius 2 is 1.96 bits per heavy atom. The van der Waals surface area contributed by atoms with Crippen LogP contribution in [0.5, 0.6) is 0 Å². The molecule has 1 amide bonds. The number of hydrogen-bond acceptors (Lipinski definition) is 4. The lowest BCUT2D eigenvalue weighted by atomic mass is 10.0. The van der Waals surface area contributed by atoms with Gasteiger partial charge in [0.15, 0.2) is 0 Å². The molecule has 0 aliphatic rings. The molecule has 2 heterocycles. The quantitative estimate of drug-likeness (QED) is 0.530. The minimum atomic E-state index is -2.56. The normalized spacial score (nSPS) is 12.1. The lowest BCUT2D eigenvalue weighted by Gasteiger charge is -2.19. The van der Waals surface area contributed by atoms with Crippen molar-refractivity contribution in [2.45, 2.75) is 30.0 Å². The number of hydrogen-bond donors (Lipinski definition) is 1. The molecule has 3 aromatic rings.